The van der Waals surface area contributed by atoms with Gasteiger partial charge in [-0.05, 0) is 19.4 Å². The number of ether oxygens (including phenoxy) is 20. The second-order valence-corrected chi connectivity index (χ2v) is 32.8. The molecule has 4 aliphatic rings. The number of carbonyl (C=O) groups excluding carboxylic acids is 4. The molecule has 55 heteroatoms. The lowest BCUT2D eigenvalue weighted by Gasteiger charge is -2.43. The summed E-state index contributed by atoms with van der Waals surface area (Å²) in [5, 5.41) is 168. The normalized spacial score (nSPS) is 25.4. The van der Waals surface area contributed by atoms with Crippen LogP contribution in [0.4, 0.5) is 0 Å². The highest BCUT2D eigenvalue weighted by Gasteiger charge is 2.49. The highest BCUT2D eigenvalue weighted by atomic mass is 16.7. The Kier molecular flexibility index (Phi) is 55.2. The third-order valence-corrected chi connectivity index (χ3v) is 22.0. The van der Waals surface area contributed by atoms with Gasteiger partial charge in [0.15, 0.2) is 25.2 Å². The molecule has 16 N–H and O–H groups in total. The molecule has 788 valence electrons. The van der Waals surface area contributed by atoms with Gasteiger partial charge in [0.25, 0.3) is 0 Å². The van der Waals surface area contributed by atoms with Crippen molar-refractivity contribution < 1.29 is 180 Å². The van der Waals surface area contributed by atoms with Crippen molar-refractivity contribution in [1.29, 1.82) is 0 Å². The van der Waals surface area contributed by atoms with Crippen LogP contribution in [0, 0.1) is 5.92 Å². The van der Waals surface area contributed by atoms with Gasteiger partial charge in [-0.25, -0.2) is 18.7 Å². The zero-order valence-electron chi connectivity index (χ0n) is 78.9. The van der Waals surface area contributed by atoms with Crippen LogP contribution in [0.25, 0.3) is 0 Å². The summed E-state index contributed by atoms with van der Waals surface area (Å²) in [5.41, 5.74) is 2.23. The highest BCUT2D eigenvalue weighted by Crippen LogP contribution is 2.29. The number of hydrogen-bond acceptors (Lipinski definition) is 46. The summed E-state index contributed by atoms with van der Waals surface area (Å²) in [5.74, 6) is -3.27. The van der Waals surface area contributed by atoms with Gasteiger partial charge in [-0.3, -0.25) is 33.8 Å². The number of nitrogens with one attached hydrogen (secondary N) is 4. The second-order valence-electron chi connectivity index (χ2n) is 32.8. The van der Waals surface area contributed by atoms with Crippen LogP contribution >= 0.6 is 0 Å². The van der Waals surface area contributed by atoms with Crippen LogP contribution in [0.5, 0.6) is 0 Å². The average Bonchev–Trinajstić information content (AvgIpc) is 1.01. The first kappa shape index (κ1) is 116. The third kappa shape index (κ3) is 41.9. The molecule has 0 spiro atoms. The van der Waals surface area contributed by atoms with E-state index in [1.54, 1.807) is 42.9 Å². The molecule has 55 nitrogen and oxygen atoms in total. The van der Waals surface area contributed by atoms with Gasteiger partial charge in [0.1, 0.15) is 85.2 Å². The van der Waals surface area contributed by atoms with Gasteiger partial charge in [0.2, 0.25) is 23.6 Å². The first-order valence-electron chi connectivity index (χ1n) is 46.3. The van der Waals surface area contributed by atoms with Gasteiger partial charge in [-0.2, -0.15) is 0 Å². The minimum absolute atomic E-state index is 0.00119. The lowest BCUT2D eigenvalue weighted by Crippen LogP contribution is -2.64. The van der Waals surface area contributed by atoms with Crippen LogP contribution in [0.1, 0.15) is 76.7 Å². The lowest BCUT2D eigenvalue weighted by atomic mass is 9.89. The second kappa shape index (κ2) is 65.7. The maximum atomic E-state index is 13.6. The number of amides is 4. The van der Waals surface area contributed by atoms with Crippen molar-refractivity contribution in [3.63, 3.8) is 0 Å². The first-order chi connectivity index (χ1) is 66.8. The number of hydrogen-bond donors (Lipinski definition) is 16. The molecule has 8 rings (SSSR count). The smallest absolute Gasteiger partial charge is 0.320 e. The molecule has 8 heterocycles. The summed E-state index contributed by atoms with van der Waals surface area (Å²) in [7, 11) is 0. The molecule has 4 aromatic rings. The predicted molar refractivity (Wildman–Crippen MR) is 467 cm³/mol. The molecule has 0 aromatic carbocycles. The Bertz CT molecular complexity index is 3740. The molecule has 0 bridgehead atoms. The van der Waals surface area contributed by atoms with Crippen LogP contribution in [0.2, 0.25) is 0 Å². The molecular weight excluding hydrogens is 1840 g/mol. The Hall–Kier alpha value is -7.41. The van der Waals surface area contributed by atoms with Crippen molar-refractivity contribution in [2.75, 3.05) is 218 Å². The SMILES string of the molecule is CC(=O)NC1C(OCCOCCOCCOCCn2cc(CN(CCCC[C@@H](C(=O)O)N(Cc3cn(CCOCCOCCOCCOC4OC(CO)C(O)C(O)C4NC(C)=O)nn3)Cc3cn(CCOCCOCCOCCOC4OC(CO)C(O)C(O)C4NC(C)=O)nn3)Cc3cn(CCOCCOCCOCCOC4OC(CO)C(O)C(O)C4NC(C)=O)nn3)nn2)OC(CO)C(O)C1C. The maximum absolute atomic E-state index is 13.6. The number of aliphatic hydroxyl groups is 11. The number of carbonyl (C=O) groups is 5. The first-order valence-corrected chi connectivity index (χ1v) is 46.3. The van der Waals surface area contributed by atoms with Gasteiger partial charge < -0.3 is 177 Å². The van der Waals surface area contributed by atoms with E-state index in [0.29, 0.717) is 88.0 Å². The number of aliphatic carboxylic acids is 1. The van der Waals surface area contributed by atoms with Crippen LogP contribution in [0.3, 0.4) is 0 Å². The zero-order valence-corrected chi connectivity index (χ0v) is 78.9. The molecule has 20 unspecified atom stereocenters. The molecule has 138 heavy (non-hydrogen) atoms. The van der Waals surface area contributed by atoms with Crippen molar-refractivity contribution in [3.8, 4) is 0 Å². The number of carboxylic acid groups (broad SMARTS) is 1. The van der Waals surface area contributed by atoms with Crippen molar-refractivity contribution in [2.45, 2.75) is 229 Å². The van der Waals surface area contributed by atoms with E-state index in [0.717, 1.165) is 0 Å². The Balaban J connectivity index is 0.810. The van der Waals surface area contributed by atoms with Gasteiger partial charge in [-0.15, -0.1) is 20.4 Å². The van der Waals surface area contributed by atoms with Crippen LogP contribution in [-0.2, 0) is 171 Å². The summed E-state index contributed by atoms with van der Waals surface area (Å²) in [4.78, 5) is 64.7. The van der Waals surface area contributed by atoms with E-state index in [-0.39, 0.29) is 204 Å². The lowest BCUT2D eigenvalue weighted by molar-refractivity contribution is -0.272. The van der Waals surface area contributed by atoms with Crippen molar-refractivity contribution in [2.24, 2.45) is 5.92 Å². The van der Waals surface area contributed by atoms with E-state index >= 15 is 0 Å². The Morgan fingerprint density at radius 1 is 0.341 bits per heavy atom. The van der Waals surface area contributed by atoms with Gasteiger partial charge in [0, 0.05) is 84.6 Å². The van der Waals surface area contributed by atoms with E-state index in [2.05, 4.69) is 67.4 Å². The maximum Gasteiger partial charge on any atom is 0.320 e. The summed E-state index contributed by atoms with van der Waals surface area (Å²) < 4.78 is 120. The van der Waals surface area contributed by atoms with Gasteiger partial charge >= 0.3 is 5.97 Å². The molecule has 0 aliphatic carbocycles. The van der Waals surface area contributed by atoms with E-state index < -0.39 is 179 Å². The number of aromatic nitrogens is 12. The van der Waals surface area contributed by atoms with Crippen LogP contribution in [-0.4, -0.2) is 501 Å². The minimum atomic E-state index is -1.45. The Morgan fingerprint density at radius 2 is 0.580 bits per heavy atom. The predicted octanol–water partition coefficient (Wildman–Crippen LogP) is -9.30. The molecule has 0 radical (unpaired) electrons. The van der Waals surface area contributed by atoms with Crippen molar-refractivity contribution >= 4 is 29.6 Å². The molecular formula is C83H144N18O37. The monoisotopic (exact) mass is 1980 g/mol. The van der Waals surface area contributed by atoms with Crippen molar-refractivity contribution in [1.82, 2.24) is 91.0 Å². The fourth-order valence-corrected chi connectivity index (χ4v) is 15.0. The van der Waals surface area contributed by atoms with E-state index in [1.165, 1.54) is 27.7 Å². The van der Waals surface area contributed by atoms with Crippen LogP contribution < -0.4 is 21.3 Å². The third-order valence-electron chi connectivity index (χ3n) is 22.0. The summed E-state index contributed by atoms with van der Waals surface area (Å²) in [6, 6.07) is -4.93. The highest BCUT2D eigenvalue weighted by molar-refractivity contribution is 5.75. The molecule has 4 aliphatic heterocycles. The van der Waals surface area contributed by atoms with E-state index in [9.17, 15) is 85.3 Å². The summed E-state index contributed by atoms with van der Waals surface area (Å²) in [6.07, 6.45) is -10.0. The molecule has 21 atom stereocenters. The number of nitrogens with zero attached hydrogens (tertiary/aromatic N) is 14. The fraction of sp³-hybridized carbons (Fsp3) is 0.843. The number of aliphatic hydroxyl groups excluding tert-OH is 11. The summed E-state index contributed by atoms with van der Waals surface area (Å²) in [6.45, 7) is 12.8. The van der Waals surface area contributed by atoms with E-state index in [4.69, 9.17) is 94.7 Å². The fourth-order valence-electron chi connectivity index (χ4n) is 15.0. The molecule has 4 aromatic heterocycles. The number of unbranched alkanes of at least 4 members (excludes halogenated alkanes) is 1. The minimum Gasteiger partial charge on any atom is -0.480 e. The standard InChI is InChI=1S/C83H144N18O37/c1-54-68(84-55(2)106)80(135-64(50-102)72(54)110)131-38-34-127-30-26-123-22-18-119-14-10-98-46-59(88-92-98)42-96(43-60-47-99(93-89-60)11-15-120-19-23-124-27-31-128-35-39-132-81-69(85-56(3)107)76(114)73(111)65(51-103)136-81)9-7-6-8-63(79(117)118)97(44-61-48-100(94-90-61)12-16-121-20-24-125-28-32-129-36-40-133-82-70(86-57(4)108)77(115)74(112)66(52-104)137-82)45-62-49-101(95-91-62)13-17-122-21-25-126-29-33-130-37-41-134-83-71(87-58(5)109)78(116)75(113)67(53-105)138-83/h46-49,54,63-78,80-83,102-105,110-116H,6-45,50-53H2,1-5H3,(H,84,106)(H,85,107)(H,86,108)(H,87,109)(H,117,118)/t54?,63-,64?,65?,66?,67?,68?,69?,70?,71?,72?,73?,74?,75?,76?,77?,78?,80?,81?,82?,83?/m0/s1. The van der Waals surface area contributed by atoms with Gasteiger partial charge in [0.05, 0.1) is 273 Å². The largest absolute Gasteiger partial charge is 0.480 e. The van der Waals surface area contributed by atoms with E-state index in [1.807, 2.05) is 12.4 Å². The number of carboxylic acids is 1. The van der Waals surface area contributed by atoms with Crippen LogP contribution in [0.15, 0.2) is 24.8 Å². The number of rotatable bonds is 75. The zero-order chi connectivity index (χ0) is 99.4. The Morgan fingerprint density at radius 3 is 0.841 bits per heavy atom. The molecule has 4 saturated heterocycles. The topological polar surface area (TPSA) is 690 Å². The quantitative estimate of drug-likeness (QED) is 0.0183. The molecule has 0 saturated carbocycles. The van der Waals surface area contributed by atoms with Crippen molar-refractivity contribution in [3.05, 3.63) is 47.6 Å². The van der Waals surface area contributed by atoms with Gasteiger partial charge in [-0.1, -0.05) is 34.2 Å². The Labute approximate surface area is 797 Å². The molecule has 4 amide bonds. The summed E-state index contributed by atoms with van der Waals surface area (Å²) >= 11 is 0. The average molecular weight is 1990 g/mol. The molecule has 4 fully saturated rings.